The Kier molecular flexibility index (Phi) is 8.47. The van der Waals surface area contributed by atoms with Crippen LogP contribution in [0.1, 0.15) is 30.9 Å². The first-order chi connectivity index (χ1) is 12.9. The molecule has 0 saturated carbocycles. The van der Waals surface area contributed by atoms with Crippen molar-refractivity contribution < 1.29 is 19.2 Å². The largest absolute Gasteiger partial charge is 0.460 e. The zero-order valence-electron chi connectivity index (χ0n) is 16.1. The van der Waals surface area contributed by atoms with E-state index in [-0.39, 0.29) is 18.3 Å². The lowest BCUT2D eigenvalue weighted by Crippen LogP contribution is -3.06. The Balaban J connectivity index is 1.84. The average molecular weight is 408 g/mol. The second kappa shape index (κ2) is 10.6. The molecule has 1 N–H and O–H groups in total. The highest BCUT2D eigenvalue weighted by molar-refractivity contribution is 8.26. The van der Waals surface area contributed by atoms with E-state index in [1.54, 1.807) is 4.90 Å². The molecule has 0 aromatic heterocycles. The number of esters is 1. The minimum absolute atomic E-state index is 0.0888. The molecule has 7 heteroatoms. The van der Waals surface area contributed by atoms with Gasteiger partial charge in [-0.2, -0.15) is 0 Å². The highest BCUT2D eigenvalue weighted by Gasteiger charge is 2.31. The van der Waals surface area contributed by atoms with Crippen LogP contribution in [0.3, 0.4) is 0 Å². The van der Waals surface area contributed by atoms with Crippen molar-refractivity contribution >= 4 is 46.3 Å². The summed E-state index contributed by atoms with van der Waals surface area (Å²) < 4.78 is 5.72. The number of carbonyl (C=O) groups excluding carboxylic acids is 2. The zero-order chi connectivity index (χ0) is 19.8. The summed E-state index contributed by atoms with van der Waals surface area (Å²) >= 11 is 6.65. The number of rotatable bonds is 9. The fraction of sp³-hybridized carbons (Fsp3) is 0.450. The second-order valence-corrected chi connectivity index (χ2v) is 8.39. The highest BCUT2D eigenvalue weighted by Crippen LogP contribution is 2.32. The van der Waals surface area contributed by atoms with Crippen LogP contribution in [-0.2, 0) is 20.7 Å². The van der Waals surface area contributed by atoms with Crippen LogP contribution >= 0.6 is 24.0 Å². The van der Waals surface area contributed by atoms with Crippen molar-refractivity contribution in [3.63, 3.8) is 0 Å². The van der Waals surface area contributed by atoms with Crippen LogP contribution < -0.4 is 4.90 Å². The number of hydrogen-bond donors (Lipinski definition) is 1. The van der Waals surface area contributed by atoms with Crippen molar-refractivity contribution in [1.29, 1.82) is 0 Å². The van der Waals surface area contributed by atoms with Gasteiger partial charge in [-0.15, -0.1) is 0 Å². The minimum atomic E-state index is -0.228. The first-order valence-electron chi connectivity index (χ1n) is 9.19. The standard InChI is InChI=1S/C20H26N2O3S2/c1-4-15-7-9-16(10-8-15)14-17-19(24)22(20(26)27-17)11-5-6-18(23)25-13-12-21(2)3/h7-10,14H,4-6,11-13H2,1-3H3/p+1/b17-14-. The molecule has 146 valence electrons. The van der Waals surface area contributed by atoms with Gasteiger partial charge in [-0.1, -0.05) is 55.2 Å². The van der Waals surface area contributed by atoms with E-state index in [0.717, 1.165) is 18.5 Å². The van der Waals surface area contributed by atoms with Gasteiger partial charge >= 0.3 is 5.97 Å². The van der Waals surface area contributed by atoms with Crippen LogP contribution in [0, 0.1) is 0 Å². The van der Waals surface area contributed by atoms with Gasteiger partial charge in [-0.05, 0) is 30.0 Å². The summed E-state index contributed by atoms with van der Waals surface area (Å²) in [6, 6.07) is 8.15. The third kappa shape index (κ3) is 6.75. The number of carbonyl (C=O) groups is 2. The van der Waals surface area contributed by atoms with Crippen molar-refractivity contribution in [3.05, 3.63) is 40.3 Å². The van der Waals surface area contributed by atoms with Gasteiger partial charge in [0.1, 0.15) is 17.5 Å². The van der Waals surface area contributed by atoms with E-state index in [4.69, 9.17) is 17.0 Å². The maximum Gasteiger partial charge on any atom is 0.306 e. The molecule has 1 aliphatic rings. The van der Waals surface area contributed by atoms with Crippen molar-refractivity contribution in [3.8, 4) is 0 Å². The summed E-state index contributed by atoms with van der Waals surface area (Å²) in [5.41, 5.74) is 2.25. The molecule has 0 aliphatic carbocycles. The number of thiocarbonyl (C=S) groups is 1. The van der Waals surface area contributed by atoms with Gasteiger partial charge in [0.05, 0.1) is 19.0 Å². The number of thioether (sulfide) groups is 1. The quantitative estimate of drug-likeness (QED) is 0.385. The molecule has 0 radical (unpaired) electrons. The van der Waals surface area contributed by atoms with E-state index < -0.39 is 0 Å². The van der Waals surface area contributed by atoms with Crippen LogP contribution in [0.4, 0.5) is 0 Å². The fourth-order valence-corrected chi connectivity index (χ4v) is 3.82. The number of hydrogen-bond acceptors (Lipinski definition) is 5. The molecule has 27 heavy (non-hydrogen) atoms. The van der Waals surface area contributed by atoms with Crippen LogP contribution in [0.25, 0.3) is 6.08 Å². The van der Waals surface area contributed by atoms with Gasteiger partial charge in [0, 0.05) is 13.0 Å². The number of nitrogens with one attached hydrogen (secondary N) is 1. The van der Waals surface area contributed by atoms with Gasteiger partial charge in [0.2, 0.25) is 0 Å². The predicted octanol–water partition coefficient (Wildman–Crippen LogP) is 1.92. The number of nitrogens with zero attached hydrogens (tertiary/aromatic N) is 1. The monoisotopic (exact) mass is 407 g/mol. The number of ether oxygens (including phenoxy) is 1. The predicted molar refractivity (Wildman–Crippen MR) is 114 cm³/mol. The topological polar surface area (TPSA) is 51.1 Å². The summed E-state index contributed by atoms with van der Waals surface area (Å²) in [5.74, 6) is -0.317. The summed E-state index contributed by atoms with van der Waals surface area (Å²) in [6.45, 7) is 3.75. The number of likely N-dealkylation sites (N-methyl/N-ethyl adjacent to an activating group) is 1. The lowest BCUT2D eigenvalue weighted by molar-refractivity contribution is -0.858. The van der Waals surface area contributed by atoms with E-state index in [1.165, 1.54) is 22.2 Å². The molecule has 5 nitrogen and oxygen atoms in total. The number of amides is 1. The van der Waals surface area contributed by atoms with Crippen molar-refractivity contribution in [2.75, 3.05) is 33.8 Å². The fourth-order valence-electron chi connectivity index (χ4n) is 2.52. The van der Waals surface area contributed by atoms with Gasteiger partial charge in [0.15, 0.2) is 0 Å². The Bertz CT molecular complexity index is 714. The Labute approximate surface area is 170 Å². The Morgan fingerprint density at radius 3 is 2.63 bits per heavy atom. The smallest absolute Gasteiger partial charge is 0.306 e. The summed E-state index contributed by atoms with van der Waals surface area (Å²) in [4.78, 5) is 27.8. The first kappa shape index (κ1) is 21.6. The average Bonchev–Trinajstić information content (AvgIpc) is 2.89. The molecule has 1 amide bonds. The lowest BCUT2D eigenvalue weighted by atomic mass is 10.1. The SMILES string of the molecule is CCc1ccc(/C=C2\SC(=S)N(CCCC(=O)OCC[NH+](C)C)C2=O)cc1. The molecule has 2 rings (SSSR count). The highest BCUT2D eigenvalue weighted by atomic mass is 32.2. The molecule has 0 atom stereocenters. The van der Waals surface area contributed by atoms with Crippen molar-refractivity contribution in [2.24, 2.45) is 0 Å². The van der Waals surface area contributed by atoms with Crippen LogP contribution in [0.15, 0.2) is 29.2 Å². The van der Waals surface area contributed by atoms with Gasteiger partial charge < -0.3 is 9.64 Å². The summed E-state index contributed by atoms with van der Waals surface area (Å²) in [5, 5.41) is 0. The first-order valence-corrected chi connectivity index (χ1v) is 10.4. The molecular formula is C20H27N2O3S2+. The molecule has 1 aliphatic heterocycles. The van der Waals surface area contributed by atoms with E-state index in [2.05, 4.69) is 19.1 Å². The van der Waals surface area contributed by atoms with Crippen LogP contribution in [0.5, 0.6) is 0 Å². The summed E-state index contributed by atoms with van der Waals surface area (Å²) in [7, 11) is 4.02. The van der Waals surface area contributed by atoms with E-state index >= 15 is 0 Å². The molecular weight excluding hydrogens is 380 g/mol. The Morgan fingerprint density at radius 2 is 2.00 bits per heavy atom. The van der Waals surface area contributed by atoms with E-state index in [0.29, 0.717) is 28.8 Å². The molecule has 1 saturated heterocycles. The number of quaternary nitrogens is 1. The van der Waals surface area contributed by atoms with Crippen LogP contribution in [0.2, 0.25) is 0 Å². The molecule has 1 fully saturated rings. The Hall–Kier alpha value is -1.70. The Morgan fingerprint density at radius 1 is 1.30 bits per heavy atom. The van der Waals surface area contributed by atoms with Crippen LogP contribution in [-0.4, -0.2) is 54.9 Å². The number of benzene rings is 1. The van der Waals surface area contributed by atoms with Gasteiger partial charge in [0.25, 0.3) is 5.91 Å². The second-order valence-electron chi connectivity index (χ2n) is 6.71. The molecule has 0 unspecified atom stereocenters. The lowest BCUT2D eigenvalue weighted by Gasteiger charge is -2.14. The van der Waals surface area contributed by atoms with Crippen molar-refractivity contribution in [1.82, 2.24) is 4.90 Å². The minimum Gasteiger partial charge on any atom is -0.460 e. The number of aryl methyl sites for hydroxylation is 1. The van der Waals surface area contributed by atoms with E-state index in [9.17, 15) is 9.59 Å². The normalized spacial score (nSPS) is 15.9. The van der Waals surface area contributed by atoms with Crippen molar-refractivity contribution in [2.45, 2.75) is 26.2 Å². The molecule has 1 aromatic rings. The summed E-state index contributed by atoms with van der Waals surface area (Å²) in [6.07, 6.45) is 3.69. The zero-order valence-corrected chi connectivity index (χ0v) is 17.8. The van der Waals surface area contributed by atoms with E-state index in [1.807, 2.05) is 32.3 Å². The molecule has 1 heterocycles. The van der Waals surface area contributed by atoms with Gasteiger partial charge in [-0.25, -0.2) is 0 Å². The maximum atomic E-state index is 12.6. The third-order valence-electron chi connectivity index (χ3n) is 4.19. The maximum absolute atomic E-state index is 12.6. The van der Waals surface area contributed by atoms with Gasteiger partial charge in [-0.3, -0.25) is 14.5 Å². The third-order valence-corrected chi connectivity index (χ3v) is 5.56. The molecule has 0 bridgehead atoms. The molecule has 1 aromatic carbocycles. The molecule has 0 spiro atoms.